The first-order valence-corrected chi connectivity index (χ1v) is 3.93. The molecule has 0 radical (unpaired) electrons. The largest absolute Gasteiger partial charge is 0.308 e. The summed E-state index contributed by atoms with van der Waals surface area (Å²) in [6.45, 7) is 0.525. The summed E-state index contributed by atoms with van der Waals surface area (Å²) in [5.74, 6) is 0. The molecule has 1 aliphatic carbocycles. The van der Waals surface area contributed by atoms with E-state index in [1.54, 1.807) is 0 Å². The van der Waals surface area contributed by atoms with Crippen LogP contribution in [-0.4, -0.2) is 17.5 Å². The van der Waals surface area contributed by atoms with E-state index in [0.717, 1.165) is 0 Å². The van der Waals surface area contributed by atoms with Gasteiger partial charge in [-0.2, -0.15) is 0 Å². The molecule has 1 aliphatic heterocycles. The van der Waals surface area contributed by atoms with E-state index in [1.165, 1.54) is 12.8 Å². The van der Waals surface area contributed by atoms with Crippen molar-refractivity contribution >= 4 is 9.24 Å². The summed E-state index contributed by atoms with van der Waals surface area (Å²) in [6, 6.07) is 0. The van der Waals surface area contributed by atoms with Gasteiger partial charge in [-0.15, -0.1) is 0 Å². The minimum absolute atomic E-state index is 0.233. The third kappa shape index (κ3) is 0.990. The van der Waals surface area contributed by atoms with E-state index in [2.05, 4.69) is 14.6 Å². The summed E-state index contributed by atoms with van der Waals surface area (Å²) in [5, 5.41) is 2.20. The second kappa shape index (κ2) is 1.49. The van der Waals surface area contributed by atoms with E-state index < -0.39 is 5.41 Å². The van der Waals surface area contributed by atoms with E-state index in [0.29, 0.717) is 13.0 Å². The Labute approximate surface area is 56.6 Å². The Morgan fingerprint density at radius 3 is 2.33 bits per heavy atom. The topological polar surface area (TPSA) is 12.0 Å². The van der Waals surface area contributed by atoms with Gasteiger partial charge in [-0.1, -0.05) is 9.24 Å². The molecule has 2 atom stereocenters. The minimum atomic E-state index is -1.00. The van der Waals surface area contributed by atoms with Crippen molar-refractivity contribution in [1.82, 2.24) is 5.32 Å². The summed E-state index contributed by atoms with van der Waals surface area (Å²) >= 11 is 0. The van der Waals surface area contributed by atoms with Gasteiger partial charge in [0, 0.05) is 18.5 Å². The fourth-order valence-corrected chi connectivity index (χ4v) is 2.02. The second-order valence-corrected chi connectivity index (χ2v) is 4.38. The van der Waals surface area contributed by atoms with Crippen LogP contribution >= 0.6 is 9.24 Å². The zero-order chi connectivity index (χ0) is 6.54. The Morgan fingerprint density at radius 2 is 2.11 bits per heavy atom. The molecule has 2 fully saturated rings. The number of hydrogen-bond donors (Lipinski definition) is 1. The van der Waals surface area contributed by atoms with Crippen LogP contribution in [0.5, 0.6) is 0 Å². The smallest absolute Gasteiger partial charge is 0.137 e. The standard InChI is InChI=1S/C6H11FNP/c7-6(9)3-5(1-2-5)8-4-6/h8H,1-4,9H2. The minimum Gasteiger partial charge on any atom is -0.308 e. The van der Waals surface area contributed by atoms with E-state index in [4.69, 9.17) is 0 Å². The highest BCUT2D eigenvalue weighted by Gasteiger charge is 2.53. The van der Waals surface area contributed by atoms with Crippen LogP contribution in [0.2, 0.25) is 0 Å². The van der Waals surface area contributed by atoms with Gasteiger partial charge in [-0.25, -0.2) is 4.39 Å². The van der Waals surface area contributed by atoms with Crippen molar-refractivity contribution in [3.8, 4) is 0 Å². The third-order valence-electron chi connectivity index (χ3n) is 2.24. The van der Waals surface area contributed by atoms with E-state index in [1.807, 2.05) is 0 Å². The van der Waals surface area contributed by atoms with Crippen LogP contribution in [0, 0.1) is 0 Å². The second-order valence-electron chi connectivity index (χ2n) is 3.35. The van der Waals surface area contributed by atoms with E-state index >= 15 is 0 Å². The summed E-state index contributed by atoms with van der Waals surface area (Å²) < 4.78 is 13.0. The van der Waals surface area contributed by atoms with Crippen molar-refractivity contribution in [1.29, 1.82) is 0 Å². The monoisotopic (exact) mass is 147 g/mol. The van der Waals surface area contributed by atoms with Gasteiger partial charge in [0.2, 0.25) is 0 Å². The molecule has 2 aliphatic rings. The average molecular weight is 147 g/mol. The van der Waals surface area contributed by atoms with Crippen LogP contribution in [0.4, 0.5) is 4.39 Å². The van der Waals surface area contributed by atoms with Crippen LogP contribution in [0.3, 0.4) is 0 Å². The fraction of sp³-hybridized carbons (Fsp3) is 1.00. The molecule has 1 nitrogen and oxygen atoms in total. The molecule has 2 unspecified atom stereocenters. The van der Waals surface area contributed by atoms with Crippen molar-refractivity contribution < 1.29 is 4.39 Å². The summed E-state index contributed by atoms with van der Waals surface area (Å²) in [5.41, 5.74) is 0.233. The van der Waals surface area contributed by atoms with Gasteiger partial charge >= 0.3 is 0 Å². The highest BCUT2D eigenvalue weighted by molar-refractivity contribution is 7.18. The first kappa shape index (κ1) is 6.06. The maximum Gasteiger partial charge on any atom is 0.137 e. The lowest BCUT2D eigenvalue weighted by atomic mass is 10.2. The molecule has 52 valence electrons. The van der Waals surface area contributed by atoms with Gasteiger partial charge in [0.25, 0.3) is 0 Å². The van der Waals surface area contributed by atoms with Crippen molar-refractivity contribution in [2.45, 2.75) is 30.2 Å². The Balaban J connectivity index is 2.08. The van der Waals surface area contributed by atoms with Crippen LogP contribution in [0.15, 0.2) is 0 Å². The number of hydrogen-bond acceptors (Lipinski definition) is 1. The maximum absolute atomic E-state index is 13.0. The number of alkyl halides is 1. The molecule has 1 saturated carbocycles. The van der Waals surface area contributed by atoms with Crippen molar-refractivity contribution in [3.63, 3.8) is 0 Å². The Morgan fingerprint density at radius 1 is 1.44 bits per heavy atom. The van der Waals surface area contributed by atoms with Gasteiger partial charge in [-0.3, -0.25) is 0 Å². The first-order valence-electron chi connectivity index (χ1n) is 3.35. The number of rotatable bonds is 0. The van der Waals surface area contributed by atoms with Gasteiger partial charge < -0.3 is 5.32 Å². The van der Waals surface area contributed by atoms with Gasteiger partial charge in [0.1, 0.15) is 5.41 Å². The molecule has 0 bridgehead atoms. The van der Waals surface area contributed by atoms with Gasteiger partial charge in [0.15, 0.2) is 0 Å². The fourth-order valence-electron chi connectivity index (χ4n) is 1.53. The zero-order valence-corrected chi connectivity index (χ0v) is 6.44. The van der Waals surface area contributed by atoms with Crippen LogP contribution in [-0.2, 0) is 0 Å². The SMILES string of the molecule is FC1(P)CNC2(CC2)C1. The molecule has 0 amide bonds. The molecule has 0 aromatic heterocycles. The number of nitrogens with one attached hydrogen (secondary N) is 1. The van der Waals surface area contributed by atoms with E-state index in [9.17, 15) is 4.39 Å². The molecule has 1 saturated heterocycles. The highest BCUT2D eigenvalue weighted by Crippen LogP contribution is 2.49. The highest BCUT2D eigenvalue weighted by atomic mass is 31.0. The molecular formula is C6H11FNP. The zero-order valence-electron chi connectivity index (χ0n) is 5.28. The summed E-state index contributed by atoms with van der Waals surface area (Å²) in [4.78, 5) is 0. The molecule has 9 heavy (non-hydrogen) atoms. The quantitative estimate of drug-likeness (QED) is 0.505. The molecule has 0 aromatic rings. The predicted octanol–water partition coefficient (Wildman–Crippen LogP) is 1.05. The molecule has 0 aromatic carbocycles. The average Bonchev–Trinajstić information content (AvgIpc) is 2.36. The lowest BCUT2D eigenvalue weighted by Gasteiger charge is -2.09. The predicted molar refractivity (Wildman–Crippen MR) is 38.1 cm³/mol. The first-order chi connectivity index (χ1) is 4.12. The van der Waals surface area contributed by atoms with Crippen molar-refractivity contribution in [2.75, 3.05) is 6.54 Å². The molecule has 1 heterocycles. The lowest BCUT2D eigenvalue weighted by Crippen LogP contribution is -2.22. The molecular weight excluding hydrogens is 136 g/mol. The number of halogens is 1. The molecule has 3 heteroatoms. The Bertz CT molecular complexity index is 138. The van der Waals surface area contributed by atoms with Crippen molar-refractivity contribution in [2.24, 2.45) is 0 Å². The lowest BCUT2D eigenvalue weighted by molar-refractivity contribution is 0.308. The van der Waals surface area contributed by atoms with Crippen molar-refractivity contribution in [3.05, 3.63) is 0 Å². The van der Waals surface area contributed by atoms with Crippen LogP contribution in [0.1, 0.15) is 19.3 Å². The normalized spacial score (nSPS) is 46.0. The molecule has 1 N–H and O–H groups in total. The van der Waals surface area contributed by atoms with Gasteiger partial charge in [-0.05, 0) is 12.8 Å². The third-order valence-corrected chi connectivity index (χ3v) is 2.65. The van der Waals surface area contributed by atoms with Gasteiger partial charge in [0.05, 0.1) is 0 Å². The summed E-state index contributed by atoms with van der Waals surface area (Å²) in [6.07, 6.45) is 3.05. The summed E-state index contributed by atoms with van der Waals surface area (Å²) in [7, 11) is 2.28. The molecule has 1 spiro atoms. The maximum atomic E-state index is 13.0. The van der Waals surface area contributed by atoms with E-state index in [-0.39, 0.29) is 5.54 Å². The Hall–Kier alpha value is 0.320. The van der Waals surface area contributed by atoms with Crippen LogP contribution in [0.25, 0.3) is 0 Å². The molecule has 2 rings (SSSR count). The Kier molecular flexibility index (Phi) is 1.00. The van der Waals surface area contributed by atoms with Crippen LogP contribution < -0.4 is 5.32 Å².